The van der Waals surface area contributed by atoms with Crippen LogP contribution in [0.15, 0.2) is 315 Å². The van der Waals surface area contributed by atoms with E-state index in [0.29, 0.717) is 0 Å². The number of para-hydroxylation sites is 4. The van der Waals surface area contributed by atoms with E-state index in [9.17, 15) is 0 Å². The molecule has 406 valence electrons. The summed E-state index contributed by atoms with van der Waals surface area (Å²) in [5.41, 5.74) is 34.4. The van der Waals surface area contributed by atoms with Crippen molar-refractivity contribution in [3.63, 3.8) is 0 Å². The van der Waals surface area contributed by atoms with Crippen molar-refractivity contribution in [2.75, 3.05) is 0 Å². The maximum atomic E-state index is 2.56. The van der Waals surface area contributed by atoms with Crippen LogP contribution in [0.2, 0.25) is 0 Å². The number of aromatic nitrogens is 2. The van der Waals surface area contributed by atoms with Crippen LogP contribution < -0.4 is 0 Å². The molecule has 4 aliphatic rings. The fourth-order valence-corrected chi connectivity index (χ4v) is 17.0. The highest BCUT2D eigenvalue weighted by Gasteiger charge is 2.54. The lowest BCUT2D eigenvalue weighted by atomic mass is 9.69. The molecule has 4 aliphatic carbocycles. The van der Waals surface area contributed by atoms with E-state index in [1.807, 2.05) is 0 Å². The van der Waals surface area contributed by atoms with E-state index in [0.717, 1.165) is 0 Å². The van der Waals surface area contributed by atoms with Crippen LogP contribution in [0, 0.1) is 0 Å². The molecule has 16 aromatic rings. The van der Waals surface area contributed by atoms with Crippen LogP contribution in [0.3, 0.4) is 0 Å². The van der Waals surface area contributed by atoms with Crippen LogP contribution in [0.4, 0.5) is 0 Å². The van der Waals surface area contributed by atoms with Gasteiger partial charge in [-0.15, -0.1) is 0 Å². The average molecular weight is 1110 g/mol. The van der Waals surface area contributed by atoms with Crippen LogP contribution in [-0.2, 0) is 10.8 Å². The molecule has 88 heavy (non-hydrogen) atoms. The quantitative estimate of drug-likeness (QED) is 0.163. The number of nitrogens with zero attached hydrogens (tertiary/aromatic N) is 2. The molecule has 0 bridgehead atoms. The monoisotopic (exact) mass is 1110 g/mol. The lowest BCUT2D eigenvalue weighted by Gasteiger charge is -2.31. The van der Waals surface area contributed by atoms with Crippen molar-refractivity contribution in [1.29, 1.82) is 0 Å². The van der Waals surface area contributed by atoms with Gasteiger partial charge in [0.15, 0.2) is 0 Å². The van der Waals surface area contributed by atoms with Gasteiger partial charge in [-0.2, -0.15) is 0 Å². The Morgan fingerprint density at radius 2 is 0.420 bits per heavy atom. The molecule has 0 atom stereocenters. The van der Waals surface area contributed by atoms with Crippen molar-refractivity contribution in [3.05, 3.63) is 360 Å². The van der Waals surface area contributed by atoms with Crippen molar-refractivity contribution in [2.24, 2.45) is 0 Å². The highest BCUT2D eigenvalue weighted by Crippen LogP contribution is 2.66. The minimum Gasteiger partial charge on any atom is -0.309 e. The predicted octanol–water partition coefficient (Wildman–Crippen LogP) is 21.6. The van der Waals surface area contributed by atoms with Gasteiger partial charge in [-0.05, 0) is 207 Å². The minimum atomic E-state index is -0.551. The zero-order valence-electron chi connectivity index (χ0n) is 47.9. The second-order valence-electron chi connectivity index (χ2n) is 24.6. The molecule has 2 spiro atoms. The van der Waals surface area contributed by atoms with E-state index >= 15 is 0 Å². The molecule has 20 rings (SSSR count). The van der Waals surface area contributed by atoms with Gasteiger partial charge < -0.3 is 9.13 Å². The SMILES string of the molecule is c1ccc(-n2c3ccccc3c3cc(-c4ccc5c(c4)C4(c6ccccc6-c6ccccc64)c4cc(-c6ccc7c(c6)C6(c8ccccc8-c8ccccc86)c6cc(-c8ccc9c(c8)c8ccccc8n9-c8ccccc8)ccc6-7)ccc4-5)ccc32)cc1. The van der Waals surface area contributed by atoms with E-state index in [-0.39, 0.29) is 0 Å². The van der Waals surface area contributed by atoms with Crippen molar-refractivity contribution in [2.45, 2.75) is 10.8 Å². The standard InChI is InChI=1S/C86H52N2/c1-3-19-59(20-4-1)87-81-33-17-11-27-69(81)71-47-53(39-45-83(71)87)55-35-41-65-67-43-37-57(51-79(67)85(77(65)49-55)73-29-13-7-23-61(73)62-24-8-14-30-74(62)85)58-38-44-68-66-42-36-56(50-78(66)86(80(68)52-58)75-31-15-9-25-63(75)64-26-10-16-32-76(64)86)54-40-46-84-72(48-54)70-28-12-18-34-82(70)88(84)60-21-5-2-6-22-60/h1-52H. The van der Waals surface area contributed by atoms with E-state index < -0.39 is 10.8 Å². The number of fused-ring (bicyclic) bond motifs is 26. The molecule has 0 saturated carbocycles. The second kappa shape index (κ2) is 17.6. The number of benzene rings is 14. The van der Waals surface area contributed by atoms with Gasteiger partial charge in [-0.1, -0.05) is 231 Å². The summed E-state index contributed by atoms with van der Waals surface area (Å²) in [5, 5.41) is 5.01. The largest absolute Gasteiger partial charge is 0.309 e. The third-order valence-electron chi connectivity index (χ3n) is 20.6. The fourth-order valence-electron chi connectivity index (χ4n) is 17.0. The molecule has 0 amide bonds. The Morgan fingerprint density at radius 3 is 0.761 bits per heavy atom. The lowest BCUT2D eigenvalue weighted by Crippen LogP contribution is -2.26. The summed E-state index contributed by atoms with van der Waals surface area (Å²) >= 11 is 0. The van der Waals surface area contributed by atoms with E-state index in [1.54, 1.807) is 0 Å². The smallest absolute Gasteiger partial charge is 0.0725 e. The third-order valence-corrected chi connectivity index (χ3v) is 20.6. The topological polar surface area (TPSA) is 9.86 Å². The third kappa shape index (κ3) is 6.15. The first-order valence-electron chi connectivity index (χ1n) is 30.8. The molecule has 0 aliphatic heterocycles. The van der Waals surface area contributed by atoms with Crippen LogP contribution in [0.1, 0.15) is 44.5 Å². The summed E-state index contributed by atoms with van der Waals surface area (Å²) in [7, 11) is 0. The molecule has 2 aromatic heterocycles. The Kier molecular flexibility index (Phi) is 9.62. The van der Waals surface area contributed by atoms with Gasteiger partial charge in [-0.3, -0.25) is 0 Å². The summed E-state index contributed by atoms with van der Waals surface area (Å²) in [6, 6.07) is 120. The van der Waals surface area contributed by atoms with E-state index in [1.165, 1.54) is 177 Å². The summed E-state index contributed by atoms with van der Waals surface area (Å²) < 4.78 is 4.81. The first kappa shape index (κ1) is 48.0. The van der Waals surface area contributed by atoms with Crippen LogP contribution in [0.5, 0.6) is 0 Å². The Hall–Kier alpha value is -11.3. The lowest BCUT2D eigenvalue weighted by molar-refractivity contribution is 0.793. The Bertz CT molecular complexity index is 5250. The number of hydrogen-bond donors (Lipinski definition) is 0. The van der Waals surface area contributed by atoms with Crippen molar-refractivity contribution in [1.82, 2.24) is 9.13 Å². The molecular formula is C86H52N2. The summed E-state index contributed by atoms with van der Waals surface area (Å²) in [5.74, 6) is 0. The molecule has 0 unspecified atom stereocenters. The molecule has 2 heteroatoms. The van der Waals surface area contributed by atoms with Gasteiger partial charge in [0.05, 0.1) is 32.9 Å². The van der Waals surface area contributed by atoms with Gasteiger partial charge in [-0.25, -0.2) is 0 Å². The Balaban J connectivity index is 0.766. The highest BCUT2D eigenvalue weighted by atomic mass is 15.0. The van der Waals surface area contributed by atoms with Crippen LogP contribution in [0.25, 0.3) is 133 Å². The first-order chi connectivity index (χ1) is 43.6. The van der Waals surface area contributed by atoms with Gasteiger partial charge in [0.1, 0.15) is 0 Å². The molecular weight excluding hydrogens is 1060 g/mol. The maximum Gasteiger partial charge on any atom is 0.0725 e. The molecule has 0 saturated heterocycles. The van der Waals surface area contributed by atoms with E-state index in [2.05, 4.69) is 325 Å². The zero-order chi connectivity index (χ0) is 57.4. The molecule has 0 fully saturated rings. The predicted molar refractivity (Wildman–Crippen MR) is 364 cm³/mol. The molecule has 2 nitrogen and oxygen atoms in total. The van der Waals surface area contributed by atoms with E-state index in [4.69, 9.17) is 0 Å². The van der Waals surface area contributed by atoms with Gasteiger partial charge in [0.25, 0.3) is 0 Å². The molecule has 2 heterocycles. The van der Waals surface area contributed by atoms with Gasteiger partial charge in [0.2, 0.25) is 0 Å². The van der Waals surface area contributed by atoms with Crippen molar-refractivity contribution < 1.29 is 0 Å². The second-order valence-corrected chi connectivity index (χ2v) is 24.6. The molecule has 0 N–H and O–H groups in total. The maximum absolute atomic E-state index is 2.56. The summed E-state index contributed by atoms with van der Waals surface area (Å²) in [6.45, 7) is 0. The van der Waals surface area contributed by atoms with Gasteiger partial charge >= 0.3 is 0 Å². The number of hydrogen-bond acceptors (Lipinski definition) is 0. The summed E-state index contributed by atoms with van der Waals surface area (Å²) in [6.07, 6.45) is 0. The molecule has 0 radical (unpaired) electrons. The Labute approximate surface area is 509 Å². The Morgan fingerprint density at radius 1 is 0.170 bits per heavy atom. The average Bonchev–Trinajstić information content (AvgIpc) is 1.53. The molecule has 14 aromatic carbocycles. The van der Waals surface area contributed by atoms with Crippen molar-refractivity contribution in [3.8, 4) is 89.3 Å². The van der Waals surface area contributed by atoms with Crippen LogP contribution in [-0.4, -0.2) is 9.13 Å². The van der Waals surface area contributed by atoms with Crippen LogP contribution >= 0.6 is 0 Å². The van der Waals surface area contributed by atoms with Gasteiger partial charge in [0, 0.05) is 32.9 Å². The normalized spacial score (nSPS) is 13.9. The number of rotatable bonds is 5. The fraction of sp³-hybridized carbons (Fsp3) is 0.0233. The highest BCUT2D eigenvalue weighted by molar-refractivity contribution is 6.12. The zero-order valence-corrected chi connectivity index (χ0v) is 47.9. The first-order valence-corrected chi connectivity index (χ1v) is 30.8. The summed E-state index contributed by atoms with van der Waals surface area (Å²) in [4.78, 5) is 0. The van der Waals surface area contributed by atoms with Crippen molar-refractivity contribution >= 4 is 43.6 Å². The minimum absolute atomic E-state index is 0.551.